The maximum atomic E-state index is 13.2. The molecule has 3 rings (SSSR count). The smallest absolute Gasteiger partial charge is 0.240 e. The number of halogens is 3. The van der Waals surface area contributed by atoms with Crippen LogP contribution in [0.5, 0.6) is 0 Å². The number of sulfonamides is 1. The van der Waals surface area contributed by atoms with Crippen molar-refractivity contribution in [3.63, 3.8) is 0 Å². The molecule has 0 spiro atoms. The highest BCUT2D eigenvalue weighted by Crippen LogP contribution is 2.22. The summed E-state index contributed by atoms with van der Waals surface area (Å²) in [5.41, 5.74) is 1.05. The van der Waals surface area contributed by atoms with Crippen molar-refractivity contribution >= 4 is 44.0 Å². The number of benzene rings is 2. The normalized spacial score (nSPS) is 11.4. The third-order valence-electron chi connectivity index (χ3n) is 3.94. The van der Waals surface area contributed by atoms with E-state index in [1.807, 2.05) is 12.1 Å². The molecule has 0 fully saturated rings. The molecule has 11 heteroatoms. The van der Waals surface area contributed by atoms with Crippen molar-refractivity contribution in [2.75, 3.05) is 11.9 Å². The van der Waals surface area contributed by atoms with Crippen molar-refractivity contribution in [3.05, 3.63) is 75.8 Å². The first-order valence-electron chi connectivity index (χ1n) is 8.66. The average molecular weight is 472 g/mol. The van der Waals surface area contributed by atoms with Crippen LogP contribution in [0.25, 0.3) is 0 Å². The Morgan fingerprint density at radius 1 is 1.10 bits per heavy atom. The number of thiazole rings is 1. The monoisotopic (exact) mass is 471 g/mol. The summed E-state index contributed by atoms with van der Waals surface area (Å²) in [6.45, 7) is -0.212. The molecule has 0 aliphatic heterocycles. The van der Waals surface area contributed by atoms with Crippen LogP contribution in [0.4, 0.5) is 13.9 Å². The molecule has 30 heavy (non-hydrogen) atoms. The lowest BCUT2D eigenvalue weighted by Crippen LogP contribution is -2.28. The van der Waals surface area contributed by atoms with Gasteiger partial charge < -0.3 is 5.32 Å². The fraction of sp³-hybridized carbons (Fsp3) is 0.158. The SMILES string of the molecule is O=C(CCNS(=O)(=O)c1ccc(F)c(F)c1)Nc1ncc(Cc2ccc(Cl)cc2)s1. The van der Waals surface area contributed by atoms with E-state index in [4.69, 9.17) is 11.6 Å². The Morgan fingerprint density at radius 3 is 2.53 bits per heavy atom. The summed E-state index contributed by atoms with van der Waals surface area (Å²) in [5, 5.41) is 3.65. The van der Waals surface area contributed by atoms with Crippen LogP contribution in [0, 0.1) is 11.6 Å². The number of carbonyl (C=O) groups excluding carboxylic acids is 1. The number of amides is 1. The molecule has 6 nitrogen and oxygen atoms in total. The number of nitrogens with one attached hydrogen (secondary N) is 2. The number of hydrogen-bond donors (Lipinski definition) is 2. The maximum Gasteiger partial charge on any atom is 0.240 e. The van der Waals surface area contributed by atoms with Crippen LogP contribution < -0.4 is 10.0 Å². The largest absolute Gasteiger partial charge is 0.302 e. The molecule has 2 N–H and O–H groups in total. The van der Waals surface area contributed by atoms with Gasteiger partial charge in [0.25, 0.3) is 0 Å². The molecule has 1 amide bonds. The summed E-state index contributed by atoms with van der Waals surface area (Å²) < 4.78 is 52.5. The van der Waals surface area contributed by atoms with E-state index in [0.29, 0.717) is 22.6 Å². The lowest BCUT2D eigenvalue weighted by atomic mass is 10.1. The van der Waals surface area contributed by atoms with E-state index in [2.05, 4.69) is 15.0 Å². The Hall–Kier alpha value is -2.40. The first kappa shape index (κ1) is 22.3. The van der Waals surface area contributed by atoms with Gasteiger partial charge in [-0.2, -0.15) is 0 Å². The molecule has 0 aliphatic carbocycles. The molecule has 0 aliphatic rings. The summed E-state index contributed by atoms with van der Waals surface area (Å²) in [6, 6.07) is 9.64. The van der Waals surface area contributed by atoms with Gasteiger partial charge >= 0.3 is 0 Å². The number of rotatable bonds is 8. The number of aromatic nitrogens is 1. The van der Waals surface area contributed by atoms with E-state index in [0.717, 1.165) is 22.6 Å². The third kappa shape index (κ3) is 6.05. The van der Waals surface area contributed by atoms with Gasteiger partial charge in [0.05, 0.1) is 4.90 Å². The Kier molecular flexibility index (Phi) is 7.14. The molecule has 0 atom stereocenters. The van der Waals surface area contributed by atoms with Crippen molar-refractivity contribution in [2.24, 2.45) is 0 Å². The zero-order valence-electron chi connectivity index (χ0n) is 15.4. The molecule has 1 heterocycles. The van der Waals surface area contributed by atoms with Gasteiger partial charge in [-0.25, -0.2) is 26.9 Å². The lowest BCUT2D eigenvalue weighted by molar-refractivity contribution is -0.116. The second-order valence-electron chi connectivity index (χ2n) is 6.21. The highest BCUT2D eigenvalue weighted by molar-refractivity contribution is 7.89. The van der Waals surface area contributed by atoms with Gasteiger partial charge in [-0.1, -0.05) is 23.7 Å². The van der Waals surface area contributed by atoms with Gasteiger partial charge in [0, 0.05) is 35.5 Å². The van der Waals surface area contributed by atoms with Crippen LogP contribution in [0.3, 0.4) is 0 Å². The van der Waals surface area contributed by atoms with E-state index in [1.54, 1.807) is 18.3 Å². The van der Waals surface area contributed by atoms with Crippen LogP contribution in [0.2, 0.25) is 5.02 Å². The minimum Gasteiger partial charge on any atom is -0.302 e. The van der Waals surface area contributed by atoms with Crippen molar-refractivity contribution in [1.29, 1.82) is 0 Å². The molecular formula is C19H16ClF2N3O3S2. The van der Waals surface area contributed by atoms with E-state index in [9.17, 15) is 22.0 Å². The summed E-state index contributed by atoms with van der Waals surface area (Å²) in [6.07, 6.45) is 2.13. The van der Waals surface area contributed by atoms with Crippen LogP contribution in [-0.2, 0) is 21.2 Å². The molecule has 0 unspecified atom stereocenters. The molecule has 1 aromatic heterocycles. The Balaban J connectivity index is 1.49. The van der Waals surface area contributed by atoms with Gasteiger partial charge in [0.1, 0.15) is 0 Å². The number of nitrogens with zero attached hydrogens (tertiary/aromatic N) is 1. The first-order chi connectivity index (χ1) is 14.2. The molecule has 0 bridgehead atoms. The predicted molar refractivity (Wildman–Crippen MR) is 111 cm³/mol. The quantitative estimate of drug-likeness (QED) is 0.520. The van der Waals surface area contributed by atoms with Gasteiger partial charge in [-0.3, -0.25) is 4.79 Å². The van der Waals surface area contributed by atoms with Crippen molar-refractivity contribution in [1.82, 2.24) is 9.71 Å². The Morgan fingerprint density at radius 2 is 1.83 bits per heavy atom. The standard InChI is InChI=1S/C19H16ClF2N3O3S2/c20-13-3-1-12(2-4-13)9-14-11-23-19(29-14)25-18(26)7-8-24-30(27,28)15-5-6-16(21)17(22)10-15/h1-6,10-11,24H,7-9H2,(H,23,25,26). The zero-order valence-corrected chi connectivity index (χ0v) is 17.8. The number of hydrogen-bond acceptors (Lipinski definition) is 5. The van der Waals surface area contributed by atoms with Crippen LogP contribution >= 0.6 is 22.9 Å². The van der Waals surface area contributed by atoms with Crippen molar-refractivity contribution in [3.8, 4) is 0 Å². The highest BCUT2D eigenvalue weighted by atomic mass is 35.5. The maximum absolute atomic E-state index is 13.2. The number of carbonyl (C=O) groups is 1. The predicted octanol–water partition coefficient (Wildman–Crippen LogP) is 3.97. The molecule has 158 valence electrons. The van der Waals surface area contributed by atoms with Crippen LogP contribution in [-0.4, -0.2) is 25.9 Å². The third-order valence-corrected chi connectivity index (χ3v) is 6.56. The molecular weight excluding hydrogens is 456 g/mol. The first-order valence-corrected chi connectivity index (χ1v) is 11.3. The van der Waals surface area contributed by atoms with E-state index < -0.39 is 32.5 Å². The highest BCUT2D eigenvalue weighted by Gasteiger charge is 2.17. The van der Waals surface area contributed by atoms with Crippen molar-refractivity contribution in [2.45, 2.75) is 17.7 Å². The average Bonchev–Trinajstić information content (AvgIpc) is 3.12. The minimum absolute atomic E-state index is 0.158. The summed E-state index contributed by atoms with van der Waals surface area (Å²) >= 11 is 7.17. The second-order valence-corrected chi connectivity index (χ2v) is 9.53. The number of anilines is 1. The molecule has 0 radical (unpaired) electrons. The van der Waals surface area contributed by atoms with E-state index in [1.165, 1.54) is 11.3 Å². The van der Waals surface area contributed by atoms with E-state index >= 15 is 0 Å². The topological polar surface area (TPSA) is 88.2 Å². The Bertz CT molecular complexity index is 1150. The fourth-order valence-electron chi connectivity index (χ4n) is 2.46. The fourth-order valence-corrected chi connectivity index (χ4v) is 4.49. The second kappa shape index (κ2) is 9.61. The van der Waals surface area contributed by atoms with Crippen LogP contribution in [0.15, 0.2) is 53.6 Å². The molecule has 0 saturated heterocycles. The van der Waals surface area contributed by atoms with Gasteiger partial charge in [0.15, 0.2) is 16.8 Å². The molecule has 0 saturated carbocycles. The van der Waals surface area contributed by atoms with Gasteiger partial charge in [-0.05, 0) is 35.9 Å². The van der Waals surface area contributed by atoms with Gasteiger partial charge in [0.2, 0.25) is 15.9 Å². The Labute approximate surface area is 181 Å². The summed E-state index contributed by atoms with van der Waals surface area (Å²) in [4.78, 5) is 16.7. The molecule has 3 aromatic rings. The molecule has 2 aromatic carbocycles. The summed E-state index contributed by atoms with van der Waals surface area (Å²) in [5.74, 6) is -2.85. The van der Waals surface area contributed by atoms with Crippen molar-refractivity contribution < 1.29 is 22.0 Å². The van der Waals surface area contributed by atoms with Gasteiger partial charge in [-0.15, -0.1) is 11.3 Å². The zero-order chi connectivity index (χ0) is 21.7. The minimum atomic E-state index is -4.06. The lowest BCUT2D eigenvalue weighted by Gasteiger charge is -2.07. The summed E-state index contributed by atoms with van der Waals surface area (Å²) in [7, 11) is -4.06. The van der Waals surface area contributed by atoms with Crippen LogP contribution in [0.1, 0.15) is 16.9 Å². The van der Waals surface area contributed by atoms with E-state index in [-0.39, 0.29) is 13.0 Å².